The van der Waals surface area contributed by atoms with E-state index < -0.39 is 5.91 Å². The van der Waals surface area contributed by atoms with Crippen LogP contribution in [0.15, 0.2) is 18.2 Å². The van der Waals surface area contributed by atoms with Gasteiger partial charge in [-0.3, -0.25) is 9.59 Å². The van der Waals surface area contributed by atoms with Crippen molar-refractivity contribution in [1.82, 2.24) is 10.2 Å². The van der Waals surface area contributed by atoms with Crippen molar-refractivity contribution in [1.29, 1.82) is 5.26 Å². The van der Waals surface area contributed by atoms with E-state index in [1.807, 2.05) is 13.0 Å². The van der Waals surface area contributed by atoms with Gasteiger partial charge in [-0.25, -0.2) is 0 Å². The quantitative estimate of drug-likeness (QED) is 0.816. The third kappa shape index (κ3) is 5.25. The summed E-state index contributed by atoms with van der Waals surface area (Å²) in [7, 11) is 0. The number of rotatable bonds is 6. The molecule has 5 nitrogen and oxygen atoms in total. The Hall–Kier alpha value is -1.77. The van der Waals surface area contributed by atoms with Gasteiger partial charge in [0.15, 0.2) is 0 Å². The van der Waals surface area contributed by atoms with Crippen LogP contribution in [-0.2, 0) is 4.79 Å². The minimum absolute atomic E-state index is 0.00421. The van der Waals surface area contributed by atoms with Crippen molar-refractivity contribution < 1.29 is 9.59 Å². The molecule has 0 unspecified atom stereocenters. The first-order valence-corrected chi connectivity index (χ1v) is 7.13. The predicted molar refractivity (Wildman–Crippen MR) is 81.3 cm³/mol. The summed E-state index contributed by atoms with van der Waals surface area (Å²) in [4.78, 5) is 25.2. The van der Waals surface area contributed by atoms with Crippen LogP contribution in [0.1, 0.15) is 23.7 Å². The number of benzene rings is 1. The molecule has 0 spiro atoms. The van der Waals surface area contributed by atoms with E-state index in [2.05, 4.69) is 5.32 Å². The van der Waals surface area contributed by atoms with Crippen LogP contribution in [0.25, 0.3) is 0 Å². The highest BCUT2D eigenvalue weighted by molar-refractivity contribution is 6.36. The lowest BCUT2D eigenvalue weighted by Gasteiger charge is -2.18. The molecule has 7 heteroatoms. The van der Waals surface area contributed by atoms with Crippen LogP contribution in [0, 0.1) is 11.3 Å². The summed E-state index contributed by atoms with van der Waals surface area (Å²) < 4.78 is 0. The van der Waals surface area contributed by atoms with E-state index in [-0.39, 0.29) is 29.6 Å². The number of carbonyl (C=O) groups excluding carboxylic acids is 2. The molecule has 0 atom stereocenters. The van der Waals surface area contributed by atoms with Crippen LogP contribution in [0.4, 0.5) is 0 Å². The molecule has 1 N–H and O–H groups in total. The van der Waals surface area contributed by atoms with Crippen LogP contribution in [0.3, 0.4) is 0 Å². The Kier molecular flexibility index (Phi) is 7.00. The topological polar surface area (TPSA) is 73.2 Å². The molecule has 112 valence electrons. The fraction of sp³-hybridized carbons (Fsp3) is 0.357. The first-order valence-electron chi connectivity index (χ1n) is 6.37. The summed E-state index contributed by atoms with van der Waals surface area (Å²) in [6, 6.07) is 6.42. The number of halogens is 2. The smallest absolute Gasteiger partial charge is 0.253 e. The zero-order chi connectivity index (χ0) is 15.8. The van der Waals surface area contributed by atoms with Crippen LogP contribution < -0.4 is 5.32 Å². The molecular formula is C14H15Cl2N3O2. The number of carbonyl (C=O) groups is 2. The maximum Gasteiger partial charge on any atom is 0.253 e. The van der Waals surface area contributed by atoms with E-state index in [1.165, 1.54) is 17.0 Å². The van der Waals surface area contributed by atoms with E-state index in [0.717, 1.165) is 6.42 Å². The van der Waals surface area contributed by atoms with Gasteiger partial charge in [0, 0.05) is 11.6 Å². The molecule has 21 heavy (non-hydrogen) atoms. The highest BCUT2D eigenvalue weighted by Gasteiger charge is 2.15. The number of hydrogen-bond donors (Lipinski definition) is 1. The average Bonchev–Trinajstić information content (AvgIpc) is 2.44. The Bertz CT molecular complexity index is 570. The third-order valence-electron chi connectivity index (χ3n) is 2.68. The van der Waals surface area contributed by atoms with Crippen LogP contribution >= 0.6 is 23.2 Å². The summed E-state index contributed by atoms with van der Waals surface area (Å²) in [6.07, 6.45) is 0.740. The van der Waals surface area contributed by atoms with E-state index in [4.69, 9.17) is 28.5 Å². The SMILES string of the molecule is CCCN(CC#N)C(=O)CNC(=O)c1ccc(Cl)cc1Cl. The first-order chi connectivity index (χ1) is 9.99. The maximum atomic E-state index is 11.9. The molecule has 0 bridgehead atoms. The monoisotopic (exact) mass is 327 g/mol. The van der Waals surface area contributed by atoms with Crippen molar-refractivity contribution in [3.05, 3.63) is 33.8 Å². The number of hydrogen-bond acceptors (Lipinski definition) is 3. The minimum Gasteiger partial charge on any atom is -0.343 e. The van der Waals surface area contributed by atoms with Gasteiger partial charge in [-0.1, -0.05) is 30.1 Å². The number of nitrogens with zero attached hydrogens (tertiary/aromatic N) is 2. The van der Waals surface area contributed by atoms with Gasteiger partial charge in [-0.15, -0.1) is 0 Å². The molecule has 1 aromatic carbocycles. The minimum atomic E-state index is -0.460. The van der Waals surface area contributed by atoms with Crippen molar-refractivity contribution in [2.24, 2.45) is 0 Å². The van der Waals surface area contributed by atoms with Crippen LogP contribution in [-0.4, -0.2) is 36.3 Å². The molecule has 0 aliphatic carbocycles. The van der Waals surface area contributed by atoms with Crippen molar-refractivity contribution in [2.75, 3.05) is 19.6 Å². The van der Waals surface area contributed by atoms with Crippen LogP contribution in [0.2, 0.25) is 10.0 Å². The highest BCUT2D eigenvalue weighted by Crippen LogP contribution is 2.20. The molecule has 0 saturated carbocycles. The van der Waals surface area contributed by atoms with Crippen molar-refractivity contribution >= 4 is 35.0 Å². The zero-order valence-electron chi connectivity index (χ0n) is 11.5. The first kappa shape index (κ1) is 17.3. The molecule has 0 heterocycles. The van der Waals surface area contributed by atoms with Gasteiger partial charge in [-0.05, 0) is 24.6 Å². The lowest BCUT2D eigenvalue weighted by molar-refractivity contribution is -0.129. The molecule has 0 saturated heterocycles. The standard InChI is InChI=1S/C14H15Cl2N3O2/c1-2-6-19(7-5-17)13(20)9-18-14(21)11-4-3-10(15)8-12(11)16/h3-4,8H,2,6-7,9H2,1H3,(H,18,21). The summed E-state index contributed by atoms with van der Waals surface area (Å²) in [6.45, 7) is 2.21. The Morgan fingerprint density at radius 2 is 2.10 bits per heavy atom. The third-order valence-corrected chi connectivity index (χ3v) is 3.23. The normalized spacial score (nSPS) is 9.81. The van der Waals surface area contributed by atoms with Crippen molar-refractivity contribution in [2.45, 2.75) is 13.3 Å². The molecular weight excluding hydrogens is 313 g/mol. The Labute approximate surface area is 133 Å². The molecule has 0 radical (unpaired) electrons. The summed E-state index contributed by atoms with van der Waals surface area (Å²) in [5.41, 5.74) is 0.246. The highest BCUT2D eigenvalue weighted by atomic mass is 35.5. The van der Waals surface area contributed by atoms with Gasteiger partial charge in [0.2, 0.25) is 5.91 Å². The molecule has 1 aromatic rings. The lowest BCUT2D eigenvalue weighted by Crippen LogP contribution is -2.40. The van der Waals surface area contributed by atoms with Gasteiger partial charge < -0.3 is 10.2 Å². The second kappa shape index (κ2) is 8.50. The van der Waals surface area contributed by atoms with Crippen molar-refractivity contribution in [3.63, 3.8) is 0 Å². The Morgan fingerprint density at radius 1 is 1.38 bits per heavy atom. The molecule has 0 aliphatic heterocycles. The van der Waals surface area contributed by atoms with E-state index >= 15 is 0 Å². The van der Waals surface area contributed by atoms with Gasteiger partial charge in [-0.2, -0.15) is 5.26 Å². The maximum absolute atomic E-state index is 11.9. The van der Waals surface area contributed by atoms with Gasteiger partial charge in [0.25, 0.3) is 5.91 Å². The van der Waals surface area contributed by atoms with Gasteiger partial charge in [0.1, 0.15) is 6.54 Å². The second-order valence-corrected chi connectivity index (χ2v) is 5.12. The van der Waals surface area contributed by atoms with Crippen LogP contribution in [0.5, 0.6) is 0 Å². The van der Waals surface area contributed by atoms with E-state index in [9.17, 15) is 9.59 Å². The van der Waals surface area contributed by atoms with Gasteiger partial charge in [0.05, 0.1) is 23.2 Å². The second-order valence-electron chi connectivity index (χ2n) is 4.28. The molecule has 0 fully saturated rings. The Morgan fingerprint density at radius 3 is 2.67 bits per heavy atom. The number of nitrogens with one attached hydrogen (secondary N) is 1. The average molecular weight is 328 g/mol. The largest absolute Gasteiger partial charge is 0.343 e. The molecule has 2 amide bonds. The Balaban J connectivity index is 2.63. The summed E-state index contributed by atoms with van der Waals surface area (Å²) in [5, 5.41) is 11.8. The van der Waals surface area contributed by atoms with E-state index in [1.54, 1.807) is 6.07 Å². The fourth-order valence-corrected chi connectivity index (χ4v) is 2.18. The number of nitriles is 1. The van der Waals surface area contributed by atoms with E-state index in [0.29, 0.717) is 11.6 Å². The predicted octanol–water partition coefficient (Wildman–Crippen LogP) is 2.49. The molecule has 0 aromatic heterocycles. The molecule has 1 rings (SSSR count). The summed E-state index contributed by atoms with van der Waals surface area (Å²) in [5.74, 6) is -0.768. The fourth-order valence-electron chi connectivity index (χ4n) is 1.68. The summed E-state index contributed by atoms with van der Waals surface area (Å²) >= 11 is 11.7. The zero-order valence-corrected chi connectivity index (χ0v) is 13.0. The van der Waals surface area contributed by atoms with Crippen molar-refractivity contribution in [3.8, 4) is 6.07 Å². The number of amides is 2. The van der Waals surface area contributed by atoms with Gasteiger partial charge >= 0.3 is 0 Å². The lowest BCUT2D eigenvalue weighted by atomic mass is 10.2. The molecule has 0 aliphatic rings.